The zero-order valence-corrected chi connectivity index (χ0v) is 24.4. The molecule has 0 aromatic carbocycles. The number of hydrogen-bond donors (Lipinski definition) is 3. The lowest BCUT2D eigenvalue weighted by Crippen LogP contribution is -2.42. The molecule has 4 heterocycles. The molecule has 2 aromatic rings. The summed E-state index contributed by atoms with van der Waals surface area (Å²) in [5.74, 6) is -8.03. The molecule has 0 bridgehead atoms. The minimum Gasteiger partial charge on any atom is -0.475 e. The first kappa shape index (κ1) is 40.6. The van der Waals surface area contributed by atoms with Gasteiger partial charge in [-0.2, -0.15) is 44.6 Å². The molecule has 2 saturated heterocycles. The van der Waals surface area contributed by atoms with E-state index in [0.717, 1.165) is 44.7 Å². The summed E-state index contributed by atoms with van der Waals surface area (Å²) in [4.78, 5) is 48.0. The van der Waals surface area contributed by atoms with E-state index < -0.39 is 36.4 Å². The maximum atomic E-state index is 12.6. The quantitative estimate of drug-likeness (QED) is 0.401. The normalized spacial score (nSPS) is 16.1. The fourth-order valence-electron chi connectivity index (χ4n) is 4.34. The Balaban J connectivity index is 0.000000430. The van der Waals surface area contributed by atoms with Crippen molar-refractivity contribution in [2.45, 2.75) is 50.8 Å². The van der Waals surface area contributed by atoms with E-state index in [9.17, 15) is 44.3 Å². The SMILES string of the molecule is Cn1cc(CN2CCC3(CC2)CCN(C(=O)Cc2cccnc2)C3)cn1.O=C(O)C(F)(F)F.O=C(O)C(F)(F)F.O=C(O)C(F)(F)F. The molecule has 0 radical (unpaired) electrons. The summed E-state index contributed by atoms with van der Waals surface area (Å²) in [6, 6.07) is 3.87. The number of hydrogen-bond acceptors (Lipinski definition) is 7. The van der Waals surface area contributed by atoms with Crippen LogP contribution in [-0.2, 0) is 39.2 Å². The van der Waals surface area contributed by atoms with Crippen molar-refractivity contribution < 1.29 is 74.0 Å². The average molecular weight is 696 g/mol. The topological polar surface area (TPSA) is 166 Å². The summed E-state index contributed by atoms with van der Waals surface area (Å²) < 4.78 is 97.1. The van der Waals surface area contributed by atoms with Gasteiger partial charge in [-0.1, -0.05) is 6.07 Å². The number of amides is 1. The third-order valence-electron chi connectivity index (χ3n) is 6.68. The molecule has 2 aliphatic rings. The summed E-state index contributed by atoms with van der Waals surface area (Å²) in [7, 11) is 1.96. The summed E-state index contributed by atoms with van der Waals surface area (Å²) in [5.41, 5.74) is 2.61. The molecule has 2 fully saturated rings. The van der Waals surface area contributed by atoms with Crippen LogP contribution in [0.1, 0.15) is 30.4 Å². The van der Waals surface area contributed by atoms with Crippen molar-refractivity contribution in [3.05, 3.63) is 48.0 Å². The Morgan fingerprint density at radius 1 is 0.787 bits per heavy atom. The summed E-state index contributed by atoms with van der Waals surface area (Å²) in [6.07, 6.45) is -3.67. The number of aryl methyl sites for hydroxylation is 1. The molecule has 4 rings (SSSR count). The van der Waals surface area contributed by atoms with Crippen LogP contribution in [0.3, 0.4) is 0 Å². The Morgan fingerprint density at radius 2 is 1.26 bits per heavy atom. The van der Waals surface area contributed by atoms with Crippen molar-refractivity contribution in [1.29, 1.82) is 0 Å². The molecule has 21 heteroatoms. The fourth-order valence-corrected chi connectivity index (χ4v) is 4.34. The van der Waals surface area contributed by atoms with E-state index in [4.69, 9.17) is 29.7 Å². The lowest BCUT2D eigenvalue weighted by Gasteiger charge is -2.39. The first-order valence-electron chi connectivity index (χ1n) is 13.2. The smallest absolute Gasteiger partial charge is 0.475 e. The second-order valence-electron chi connectivity index (χ2n) is 10.3. The van der Waals surface area contributed by atoms with Crippen LogP contribution in [0.15, 0.2) is 36.9 Å². The first-order chi connectivity index (χ1) is 21.4. The highest BCUT2D eigenvalue weighted by atomic mass is 19.4. The van der Waals surface area contributed by atoms with Gasteiger partial charge in [0.1, 0.15) is 0 Å². The predicted octanol–water partition coefficient (Wildman–Crippen LogP) is 3.77. The van der Waals surface area contributed by atoms with Crippen LogP contribution in [0.5, 0.6) is 0 Å². The van der Waals surface area contributed by atoms with E-state index in [-0.39, 0.29) is 5.91 Å². The summed E-state index contributed by atoms with van der Waals surface area (Å²) >= 11 is 0. The predicted molar refractivity (Wildman–Crippen MR) is 140 cm³/mol. The molecule has 2 aromatic heterocycles. The van der Waals surface area contributed by atoms with Crippen molar-refractivity contribution >= 4 is 23.8 Å². The lowest BCUT2D eigenvalue weighted by molar-refractivity contribution is -0.193. The summed E-state index contributed by atoms with van der Waals surface area (Å²) in [5, 5.41) is 25.6. The number of rotatable bonds is 4. The molecule has 0 saturated carbocycles. The molecule has 1 amide bonds. The van der Waals surface area contributed by atoms with Gasteiger partial charge < -0.3 is 20.2 Å². The van der Waals surface area contributed by atoms with Crippen LogP contribution in [0.25, 0.3) is 0 Å². The zero-order valence-electron chi connectivity index (χ0n) is 24.4. The van der Waals surface area contributed by atoms with Gasteiger partial charge in [-0.3, -0.25) is 19.4 Å². The number of piperidine rings is 1. The Bertz CT molecular complexity index is 1270. The molecule has 0 aliphatic carbocycles. The number of nitrogens with zero attached hydrogens (tertiary/aromatic N) is 5. The van der Waals surface area contributed by atoms with Gasteiger partial charge in [0.05, 0.1) is 12.6 Å². The molecule has 2 aliphatic heterocycles. The van der Waals surface area contributed by atoms with E-state index in [2.05, 4.69) is 26.1 Å². The number of carboxylic acids is 3. The second-order valence-corrected chi connectivity index (χ2v) is 10.3. The number of carboxylic acid groups (broad SMARTS) is 3. The maximum absolute atomic E-state index is 12.6. The van der Waals surface area contributed by atoms with Crippen LogP contribution >= 0.6 is 0 Å². The van der Waals surface area contributed by atoms with E-state index in [1.165, 1.54) is 18.4 Å². The van der Waals surface area contributed by atoms with E-state index >= 15 is 0 Å². The number of alkyl halides is 9. The highest BCUT2D eigenvalue weighted by molar-refractivity contribution is 5.79. The largest absolute Gasteiger partial charge is 0.490 e. The number of carbonyl (C=O) groups excluding carboxylic acids is 1. The van der Waals surface area contributed by atoms with E-state index in [1.807, 2.05) is 30.1 Å². The van der Waals surface area contributed by atoms with Crippen molar-refractivity contribution in [3.63, 3.8) is 0 Å². The highest BCUT2D eigenvalue weighted by Crippen LogP contribution is 2.40. The van der Waals surface area contributed by atoms with Crippen LogP contribution in [0.4, 0.5) is 39.5 Å². The van der Waals surface area contributed by atoms with E-state index in [1.54, 1.807) is 12.4 Å². The number of aliphatic carboxylic acids is 3. The maximum Gasteiger partial charge on any atom is 0.490 e. The van der Waals surface area contributed by atoms with Crippen LogP contribution < -0.4 is 0 Å². The molecule has 3 N–H and O–H groups in total. The molecule has 12 nitrogen and oxygen atoms in total. The minimum absolute atomic E-state index is 0.243. The Kier molecular flexibility index (Phi) is 14.6. The average Bonchev–Trinajstić information content (AvgIpc) is 3.56. The number of carbonyl (C=O) groups is 4. The standard InChI is InChI=1S/C20H27N5O.3C2HF3O2/c1-23-14-18(13-22-23)15-24-8-4-20(5-9-24)6-10-25(16-20)19(26)11-17-3-2-7-21-12-17;3*3-2(4,5)1(6)7/h2-3,7,12-14H,4-6,8-11,15-16H2,1H3;3*(H,6,7). The highest BCUT2D eigenvalue weighted by Gasteiger charge is 2.42. The Labute approximate surface area is 260 Å². The number of aromatic nitrogens is 3. The molecule has 47 heavy (non-hydrogen) atoms. The number of halogens is 9. The van der Waals surface area contributed by atoms with Crippen molar-refractivity contribution in [3.8, 4) is 0 Å². The van der Waals surface area contributed by atoms with Gasteiger partial charge in [-0.25, -0.2) is 14.4 Å². The van der Waals surface area contributed by atoms with Crippen LogP contribution in [0, 0.1) is 5.41 Å². The number of likely N-dealkylation sites (tertiary alicyclic amines) is 2. The van der Waals surface area contributed by atoms with Gasteiger partial charge in [-0.15, -0.1) is 0 Å². The monoisotopic (exact) mass is 695 g/mol. The van der Waals surface area contributed by atoms with Crippen LogP contribution in [-0.4, -0.2) is 108 Å². The molecule has 1 spiro atoms. The van der Waals surface area contributed by atoms with Crippen LogP contribution in [0.2, 0.25) is 0 Å². The molecule has 264 valence electrons. The van der Waals surface area contributed by atoms with Gasteiger partial charge in [0, 0.05) is 50.8 Å². The Morgan fingerprint density at radius 3 is 1.64 bits per heavy atom. The first-order valence-corrected chi connectivity index (χ1v) is 13.2. The summed E-state index contributed by atoms with van der Waals surface area (Å²) in [6.45, 7) is 5.03. The Hall–Kier alpha value is -4.43. The van der Waals surface area contributed by atoms with E-state index in [0.29, 0.717) is 11.8 Å². The fraction of sp³-hybridized carbons (Fsp3) is 0.538. The minimum atomic E-state index is -5.08. The van der Waals surface area contributed by atoms with Gasteiger partial charge >= 0.3 is 36.4 Å². The zero-order chi connectivity index (χ0) is 36.2. The molecule has 0 unspecified atom stereocenters. The lowest BCUT2D eigenvalue weighted by atomic mass is 9.77. The molecular formula is C26H30F9N5O7. The van der Waals surface area contributed by atoms with Gasteiger partial charge in [0.15, 0.2) is 0 Å². The van der Waals surface area contributed by atoms with Crippen molar-refractivity contribution in [2.75, 3.05) is 26.2 Å². The number of pyridine rings is 1. The third-order valence-corrected chi connectivity index (χ3v) is 6.68. The van der Waals surface area contributed by atoms with Crippen molar-refractivity contribution in [2.24, 2.45) is 12.5 Å². The third kappa shape index (κ3) is 15.1. The van der Waals surface area contributed by atoms with Gasteiger partial charge in [-0.05, 0) is 49.4 Å². The van der Waals surface area contributed by atoms with Gasteiger partial charge in [0.25, 0.3) is 0 Å². The van der Waals surface area contributed by atoms with Gasteiger partial charge in [0.2, 0.25) is 5.91 Å². The second kappa shape index (κ2) is 16.9. The van der Waals surface area contributed by atoms with Crippen molar-refractivity contribution in [1.82, 2.24) is 24.6 Å². The molecule has 0 atom stereocenters. The molecular weight excluding hydrogens is 665 g/mol.